The average Bonchev–Trinajstić information content (AvgIpc) is 2.93. The highest BCUT2D eigenvalue weighted by molar-refractivity contribution is 7.92. The van der Waals surface area contributed by atoms with E-state index in [0.29, 0.717) is 33.5 Å². The Bertz CT molecular complexity index is 1790. The summed E-state index contributed by atoms with van der Waals surface area (Å²) in [6.45, 7) is 3.60. The standard InChI is InChI=1S/C29H25N5O4S/c1-18-16-17-30-29(31-18)34-39(36,37)23-14-10-21(11-15-23)32-28(35)26-19(2)27(20-8-12-22(38-3)13-9-20)33-25-7-5-4-6-24(25)26/h4-17H,1-3H3,(H,32,35)(H,30,31,34). The molecular weight excluding hydrogens is 514 g/mol. The van der Waals surface area contributed by atoms with Gasteiger partial charge in [-0.05, 0) is 80.1 Å². The van der Waals surface area contributed by atoms with Gasteiger partial charge in [0.2, 0.25) is 5.95 Å². The maximum absolute atomic E-state index is 13.6. The number of methoxy groups -OCH3 is 1. The van der Waals surface area contributed by atoms with Crippen LogP contribution in [0.1, 0.15) is 21.6 Å². The van der Waals surface area contributed by atoms with Gasteiger partial charge >= 0.3 is 0 Å². The first-order valence-corrected chi connectivity index (χ1v) is 13.5. The molecule has 2 heterocycles. The molecule has 5 rings (SSSR count). The van der Waals surface area contributed by atoms with Crippen molar-refractivity contribution in [2.24, 2.45) is 0 Å². The zero-order chi connectivity index (χ0) is 27.6. The van der Waals surface area contributed by atoms with Crippen molar-refractivity contribution in [1.29, 1.82) is 0 Å². The van der Waals surface area contributed by atoms with Crippen molar-refractivity contribution < 1.29 is 17.9 Å². The largest absolute Gasteiger partial charge is 0.497 e. The Balaban J connectivity index is 1.44. The quantitative estimate of drug-likeness (QED) is 0.285. The lowest BCUT2D eigenvalue weighted by molar-refractivity contribution is 0.102. The number of ether oxygens (including phenoxy) is 1. The summed E-state index contributed by atoms with van der Waals surface area (Å²) in [4.78, 5) is 26.4. The van der Waals surface area contributed by atoms with Crippen LogP contribution in [0, 0.1) is 13.8 Å². The summed E-state index contributed by atoms with van der Waals surface area (Å²) in [5, 5.41) is 3.61. The molecule has 0 bridgehead atoms. The number of pyridine rings is 1. The maximum atomic E-state index is 13.6. The van der Waals surface area contributed by atoms with E-state index in [1.165, 1.54) is 30.5 Å². The lowest BCUT2D eigenvalue weighted by Crippen LogP contribution is -2.16. The van der Waals surface area contributed by atoms with E-state index in [1.54, 1.807) is 20.1 Å². The van der Waals surface area contributed by atoms with Gasteiger partial charge in [-0.2, -0.15) is 0 Å². The smallest absolute Gasteiger partial charge is 0.264 e. The Hall–Kier alpha value is -4.83. The maximum Gasteiger partial charge on any atom is 0.264 e. The molecule has 2 aromatic heterocycles. The SMILES string of the molecule is COc1ccc(-c2nc3ccccc3c(C(=O)Nc3ccc(S(=O)(=O)Nc4nccc(C)n4)cc3)c2C)cc1. The number of para-hydroxylation sites is 1. The van der Waals surface area contributed by atoms with E-state index in [0.717, 1.165) is 16.9 Å². The van der Waals surface area contributed by atoms with Gasteiger partial charge in [0, 0.05) is 28.5 Å². The summed E-state index contributed by atoms with van der Waals surface area (Å²) in [7, 11) is -2.30. The summed E-state index contributed by atoms with van der Waals surface area (Å²) in [6, 6.07) is 22.5. The number of benzene rings is 3. The third kappa shape index (κ3) is 5.41. The molecule has 39 heavy (non-hydrogen) atoms. The predicted molar refractivity (Wildman–Crippen MR) is 150 cm³/mol. The molecule has 1 amide bonds. The van der Waals surface area contributed by atoms with Gasteiger partial charge in [-0.1, -0.05) is 18.2 Å². The van der Waals surface area contributed by atoms with Crippen LogP contribution in [0.2, 0.25) is 0 Å². The van der Waals surface area contributed by atoms with Crippen LogP contribution < -0.4 is 14.8 Å². The minimum Gasteiger partial charge on any atom is -0.497 e. The lowest BCUT2D eigenvalue weighted by atomic mass is 9.97. The van der Waals surface area contributed by atoms with Crippen molar-refractivity contribution in [1.82, 2.24) is 15.0 Å². The number of hydrogen-bond acceptors (Lipinski definition) is 7. The lowest BCUT2D eigenvalue weighted by Gasteiger charge is -2.15. The zero-order valence-electron chi connectivity index (χ0n) is 21.5. The molecule has 0 aliphatic rings. The second-order valence-corrected chi connectivity index (χ2v) is 10.5. The van der Waals surface area contributed by atoms with E-state index >= 15 is 0 Å². The summed E-state index contributed by atoms with van der Waals surface area (Å²) in [5.74, 6) is 0.380. The Morgan fingerprint density at radius 3 is 2.28 bits per heavy atom. The molecule has 0 saturated heterocycles. The molecule has 5 aromatic rings. The highest BCUT2D eigenvalue weighted by atomic mass is 32.2. The number of aromatic nitrogens is 3. The summed E-state index contributed by atoms with van der Waals surface area (Å²) in [6.07, 6.45) is 1.48. The average molecular weight is 540 g/mol. The molecule has 0 unspecified atom stereocenters. The molecule has 9 nitrogen and oxygen atoms in total. The number of amides is 1. The monoisotopic (exact) mass is 539 g/mol. The number of aryl methyl sites for hydroxylation is 1. The van der Waals surface area contributed by atoms with Crippen LogP contribution in [-0.4, -0.2) is 36.4 Å². The minimum absolute atomic E-state index is 0.0120. The second-order valence-electron chi connectivity index (χ2n) is 8.81. The number of hydrogen-bond donors (Lipinski definition) is 2. The number of nitrogens with zero attached hydrogens (tertiary/aromatic N) is 3. The first-order chi connectivity index (χ1) is 18.7. The molecule has 3 aromatic carbocycles. The fraction of sp³-hybridized carbons (Fsp3) is 0.103. The van der Waals surface area contributed by atoms with Crippen molar-refractivity contribution in [2.45, 2.75) is 18.7 Å². The fourth-order valence-corrected chi connectivity index (χ4v) is 5.17. The van der Waals surface area contributed by atoms with Gasteiger partial charge in [0.05, 0.1) is 28.8 Å². The highest BCUT2D eigenvalue weighted by Crippen LogP contribution is 2.31. The molecule has 196 valence electrons. The van der Waals surface area contributed by atoms with E-state index < -0.39 is 10.0 Å². The van der Waals surface area contributed by atoms with Crippen LogP contribution in [0.25, 0.3) is 22.2 Å². The Kier molecular flexibility index (Phi) is 6.95. The predicted octanol–water partition coefficient (Wildman–Crippen LogP) is 5.37. The molecule has 0 radical (unpaired) electrons. The highest BCUT2D eigenvalue weighted by Gasteiger charge is 2.20. The third-order valence-corrected chi connectivity index (χ3v) is 7.51. The van der Waals surface area contributed by atoms with Gasteiger partial charge < -0.3 is 10.1 Å². The number of carbonyl (C=O) groups is 1. The molecule has 10 heteroatoms. The van der Waals surface area contributed by atoms with E-state index in [-0.39, 0.29) is 16.8 Å². The number of fused-ring (bicyclic) bond motifs is 1. The van der Waals surface area contributed by atoms with Crippen molar-refractivity contribution in [3.63, 3.8) is 0 Å². The van der Waals surface area contributed by atoms with Crippen LogP contribution in [0.3, 0.4) is 0 Å². The Morgan fingerprint density at radius 1 is 0.872 bits per heavy atom. The minimum atomic E-state index is -3.91. The van der Waals surface area contributed by atoms with Gasteiger partial charge in [0.15, 0.2) is 0 Å². The number of sulfonamides is 1. The molecule has 0 spiro atoms. The van der Waals surface area contributed by atoms with Crippen LogP contribution in [0.4, 0.5) is 11.6 Å². The molecule has 0 aliphatic carbocycles. The van der Waals surface area contributed by atoms with Crippen LogP contribution in [-0.2, 0) is 10.0 Å². The van der Waals surface area contributed by atoms with Crippen molar-refractivity contribution >= 4 is 38.5 Å². The van der Waals surface area contributed by atoms with E-state index in [2.05, 4.69) is 20.0 Å². The fourth-order valence-electron chi connectivity index (χ4n) is 4.22. The van der Waals surface area contributed by atoms with E-state index in [9.17, 15) is 13.2 Å². The topological polar surface area (TPSA) is 123 Å². The normalized spacial score (nSPS) is 11.3. The van der Waals surface area contributed by atoms with E-state index in [4.69, 9.17) is 9.72 Å². The van der Waals surface area contributed by atoms with Crippen molar-refractivity contribution in [3.05, 3.63) is 102 Å². The first kappa shape index (κ1) is 25.8. The molecule has 0 atom stereocenters. The Labute approximate surface area is 226 Å². The molecule has 0 saturated carbocycles. The van der Waals surface area contributed by atoms with Crippen molar-refractivity contribution in [2.75, 3.05) is 17.1 Å². The number of carbonyl (C=O) groups excluding carboxylic acids is 1. The van der Waals surface area contributed by atoms with Gasteiger partial charge in [0.1, 0.15) is 5.75 Å². The molecular formula is C29H25N5O4S. The number of anilines is 2. The van der Waals surface area contributed by atoms with Gasteiger partial charge in [-0.25, -0.2) is 28.1 Å². The van der Waals surface area contributed by atoms with E-state index in [1.807, 2.05) is 55.5 Å². The van der Waals surface area contributed by atoms with Gasteiger partial charge in [-0.15, -0.1) is 0 Å². The molecule has 0 aliphatic heterocycles. The Morgan fingerprint density at radius 2 is 1.59 bits per heavy atom. The second kappa shape index (κ2) is 10.5. The van der Waals surface area contributed by atoms with Crippen LogP contribution in [0.15, 0.2) is 90.0 Å². The van der Waals surface area contributed by atoms with Crippen LogP contribution >= 0.6 is 0 Å². The first-order valence-electron chi connectivity index (χ1n) is 12.0. The third-order valence-electron chi connectivity index (χ3n) is 6.17. The molecule has 2 N–H and O–H groups in total. The zero-order valence-corrected chi connectivity index (χ0v) is 22.3. The summed E-state index contributed by atoms with van der Waals surface area (Å²) < 4.78 is 33.2. The van der Waals surface area contributed by atoms with Gasteiger partial charge in [-0.3, -0.25) is 4.79 Å². The molecule has 0 fully saturated rings. The van der Waals surface area contributed by atoms with Crippen LogP contribution in [0.5, 0.6) is 5.75 Å². The summed E-state index contributed by atoms with van der Waals surface area (Å²) in [5.41, 5.74) is 4.51. The summed E-state index contributed by atoms with van der Waals surface area (Å²) >= 11 is 0. The number of rotatable bonds is 7. The number of nitrogens with one attached hydrogen (secondary N) is 2. The van der Waals surface area contributed by atoms with Gasteiger partial charge in [0.25, 0.3) is 15.9 Å². The van der Waals surface area contributed by atoms with Crippen molar-refractivity contribution in [3.8, 4) is 17.0 Å².